The van der Waals surface area contributed by atoms with Crippen molar-refractivity contribution in [2.75, 3.05) is 67.8 Å². The fraction of sp³-hybridized carbons (Fsp3) is 0.378. The summed E-state index contributed by atoms with van der Waals surface area (Å²) in [5.41, 5.74) is 0.671. The van der Waals surface area contributed by atoms with Gasteiger partial charge in [-0.2, -0.15) is 18.0 Å². The van der Waals surface area contributed by atoms with Gasteiger partial charge in [0.1, 0.15) is 35.6 Å². The van der Waals surface area contributed by atoms with Crippen LogP contribution in [0, 0.1) is 23.0 Å². The van der Waals surface area contributed by atoms with Crippen LogP contribution in [0.2, 0.25) is 0 Å². The second kappa shape index (κ2) is 18.7. The standard InChI is InChI=1S/C45H46F2N12O7S/c1-55(29-3-4-29)67(64,65)54-38-9-7-35(46)42(34(38)22-48)66-31-5-8-37-33(21-31)44(63)59(26-51-37)30-23-49-45(50-24-30)58-18-16-57(17-19-58)41(61)25-56-14-12-27(13-15-56)32-6-2-28(20-36(32)47)52-39-10-11-40(60)53-43(39)62/h2,5-9,20-21,23-24,26-27,29,39,52,54H,3-4,10-19,25H2,1H3,(H,53,60,62)/t39-/m0/s1. The molecule has 1 aliphatic carbocycles. The first kappa shape index (κ1) is 45.1. The highest BCUT2D eigenvalue weighted by Gasteiger charge is 2.35. The summed E-state index contributed by atoms with van der Waals surface area (Å²) >= 11 is 0. The molecular formula is C45H46F2N12O7S. The van der Waals surface area contributed by atoms with Crippen LogP contribution in [0.5, 0.6) is 11.5 Å². The van der Waals surface area contributed by atoms with E-state index in [0.29, 0.717) is 99.8 Å². The van der Waals surface area contributed by atoms with Crippen molar-refractivity contribution in [2.24, 2.45) is 0 Å². The first-order chi connectivity index (χ1) is 32.2. The minimum atomic E-state index is -4.03. The molecule has 4 fully saturated rings. The van der Waals surface area contributed by atoms with Crippen molar-refractivity contribution >= 4 is 56.2 Å². The fourth-order valence-electron chi connectivity index (χ4n) is 8.60. The third kappa shape index (κ3) is 9.75. The minimum absolute atomic E-state index is 0.00223. The molecule has 1 atom stereocenters. The number of imide groups is 1. The third-order valence-corrected chi connectivity index (χ3v) is 14.2. The van der Waals surface area contributed by atoms with Crippen molar-refractivity contribution in [1.82, 2.24) is 38.9 Å². The highest BCUT2D eigenvalue weighted by Crippen LogP contribution is 2.36. The Hall–Kier alpha value is -7.09. The van der Waals surface area contributed by atoms with Gasteiger partial charge in [0, 0.05) is 51.4 Å². The van der Waals surface area contributed by atoms with Gasteiger partial charge in [0.25, 0.3) is 5.56 Å². The molecule has 5 heterocycles. The van der Waals surface area contributed by atoms with E-state index in [-0.39, 0.29) is 64.9 Å². The Morgan fingerprint density at radius 3 is 2.36 bits per heavy atom. The van der Waals surface area contributed by atoms with Crippen molar-refractivity contribution in [1.29, 1.82) is 5.26 Å². The van der Waals surface area contributed by atoms with Gasteiger partial charge in [0.2, 0.25) is 23.7 Å². The molecule has 22 heteroatoms. The average Bonchev–Trinajstić information content (AvgIpc) is 4.18. The molecule has 4 aliphatic rings. The number of carbonyl (C=O) groups excluding carboxylic acids is 3. The fourth-order valence-corrected chi connectivity index (χ4v) is 9.79. The van der Waals surface area contributed by atoms with Gasteiger partial charge in [-0.1, -0.05) is 6.07 Å². The number of nitrogens with zero attached hydrogens (tertiary/aromatic N) is 9. The van der Waals surface area contributed by atoms with Crippen molar-refractivity contribution in [3.63, 3.8) is 0 Å². The van der Waals surface area contributed by atoms with Crippen LogP contribution in [-0.4, -0.2) is 125 Å². The maximum atomic E-state index is 15.3. The molecule has 3 N–H and O–H groups in total. The van der Waals surface area contributed by atoms with Gasteiger partial charge in [0.15, 0.2) is 11.6 Å². The maximum Gasteiger partial charge on any atom is 0.301 e. The average molecular weight is 937 g/mol. The van der Waals surface area contributed by atoms with Gasteiger partial charge in [-0.25, -0.2) is 23.7 Å². The normalized spacial score (nSPS) is 18.5. The van der Waals surface area contributed by atoms with E-state index in [0.717, 1.165) is 12.1 Å². The lowest BCUT2D eigenvalue weighted by Gasteiger charge is -2.37. The molecule has 3 aromatic carbocycles. The number of hydrogen-bond acceptors (Lipinski definition) is 14. The number of carbonyl (C=O) groups is 3. The molecule has 5 aromatic rings. The number of likely N-dealkylation sites (tertiary alicyclic amines) is 1. The first-order valence-corrected chi connectivity index (χ1v) is 23.3. The SMILES string of the molecule is CN(C1CC1)S(=O)(=O)Nc1ccc(F)c(Oc2ccc3ncn(-c4cnc(N5CCN(C(=O)CN6CCC(c7ccc(N[C@H]8CCC(=O)NC8=O)cc7F)CC6)CC5)nc4)c(=O)c3c2)c1C#N. The molecule has 9 rings (SSSR count). The van der Waals surface area contributed by atoms with Gasteiger partial charge < -0.3 is 19.9 Å². The number of piperazine rings is 1. The van der Waals surface area contributed by atoms with Gasteiger partial charge in [-0.15, -0.1) is 0 Å². The number of nitrogens with one attached hydrogen (secondary N) is 3. The van der Waals surface area contributed by atoms with Crippen LogP contribution in [0.3, 0.4) is 0 Å². The van der Waals surface area contributed by atoms with Gasteiger partial charge in [-0.05, 0) is 99.1 Å². The molecule has 3 amide bonds. The zero-order valence-corrected chi connectivity index (χ0v) is 37.1. The number of piperidine rings is 2. The van der Waals surface area contributed by atoms with Crippen LogP contribution < -0.4 is 30.6 Å². The summed E-state index contributed by atoms with van der Waals surface area (Å²) in [6.07, 6.45) is 7.69. The summed E-state index contributed by atoms with van der Waals surface area (Å²) in [6.45, 7) is 3.43. The van der Waals surface area contributed by atoms with E-state index in [1.807, 2.05) is 15.9 Å². The number of nitriles is 1. The Morgan fingerprint density at radius 2 is 1.67 bits per heavy atom. The number of anilines is 3. The van der Waals surface area contributed by atoms with Crippen molar-refractivity contribution < 1.29 is 36.3 Å². The molecule has 3 saturated heterocycles. The molecule has 67 heavy (non-hydrogen) atoms. The Morgan fingerprint density at radius 1 is 0.925 bits per heavy atom. The second-order valence-electron chi connectivity index (χ2n) is 17.0. The quantitative estimate of drug-likeness (QED) is 0.143. The number of halogens is 2. The van der Waals surface area contributed by atoms with Crippen LogP contribution in [0.15, 0.2) is 72.0 Å². The summed E-state index contributed by atoms with van der Waals surface area (Å²) in [5.74, 6) is -2.11. The second-order valence-corrected chi connectivity index (χ2v) is 18.7. The Bertz CT molecular complexity index is 2970. The topological polar surface area (TPSA) is 228 Å². The third-order valence-electron chi connectivity index (χ3n) is 12.6. The Kier molecular flexibility index (Phi) is 12.6. The van der Waals surface area contributed by atoms with Gasteiger partial charge >= 0.3 is 10.2 Å². The molecular weight excluding hydrogens is 891 g/mol. The summed E-state index contributed by atoms with van der Waals surface area (Å²) in [4.78, 5) is 70.0. The minimum Gasteiger partial charge on any atom is -0.453 e. The molecule has 1 saturated carbocycles. The molecule has 19 nitrogen and oxygen atoms in total. The monoisotopic (exact) mass is 936 g/mol. The van der Waals surface area contributed by atoms with Crippen LogP contribution >= 0.6 is 0 Å². The Balaban J connectivity index is 0.780. The maximum absolute atomic E-state index is 15.3. The number of hydrogen-bond donors (Lipinski definition) is 3. The number of ether oxygens (including phenoxy) is 1. The predicted molar refractivity (Wildman–Crippen MR) is 241 cm³/mol. The first-order valence-electron chi connectivity index (χ1n) is 21.9. The molecule has 0 unspecified atom stereocenters. The molecule has 3 aliphatic heterocycles. The number of amides is 3. The number of rotatable bonds is 13. The highest BCUT2D eigenvalue weighted by molar-refractivity contribution is 7.90. The van der Waals surface area contributed by atoms with E-state index >= 15 is 8.78 Å². The summed E-state index contributed by atoms with van der Waals surface area (Å²) in [5, 5.41) is 15.4. The summed E-state index contributed by atoms with van der Waals surface area (Å²) in [7, 11) is -2.60. The highest BCUT2D eigenvalue weighted by atomic mass is 32.2. The smallest absolute Gasteiger partial charge is 0.301 e. The number of fused-ring (bicyclic) bond motifs is 1. The predicted octanol–water partition coefficient (Wildman–Crippen LogP) is 3.61. The Labute approximate surface area is 383 Å². The van der Waals surface area contributed by atoms with E-state index in [1.165, 1.54) is 58.9 Å². The number of benzene rings is 3. The lowest BCUT2D eigenvalue weighted by Crippen LogP contribution is -2.52. The zero-order valence-electron chi connectivity index (χ0n) is 36.3. The molecule has 0 bridgehead atoms. The van der Waals surface area contributed by atoms with E-state index in [9.17, 15) is 32.9 Å². The lowest BCUT2D eigenvalue weighted by atomic mass is 9.89. The van der Waals surface area contributed by atoms with E-state index in [2.05, 4.69) is 35.2 Å². The molecule has 0 spiro atoms. The van der Waals surface area contributed by atoms with E-state index in [1.54, 1.807) is 12.1 Å². The van der Waals surface area contributed by atoms with Crippen molar-refractivity contribution in [3.05, 3.63) is 100 Å². The number of aromatic nitrogens is 4. The van der Waals surface area contributed by atoms with Gasteiger partial charge in [0.05, 0.1) is 41.2 Å². The van der Waals surface area contributed by atoms with Crippen LogP contribution in [0.4, 0.5) is 26.1 Å². The van der Waals surface area contributed by atoms with Crippen molar-refractivity contribution in [2.45, 2.75) is 56.5 Å². The van der Waals surface area contributed by atoms with Crippen LogP contribution in [0.25, 0.3) is 16.6 Å². The molecule has 0 radical (unpaired) electrons. The summed E-state index contributed by atoms with van der Waals surface area (Å²) in [6, 6.07) is 12.4. The molecule has 348 valence electrons. The van der Waals surface area contributed by atoms with Crippen LogP contribution in [0.1, 0.15) is 55.6 Å². The van der Waals surface area contributed by atoms with Gasteiger partial charge in [-0.3, -0.25) is 38.7 Å². The van der Waals surface area contributed by atoms with E-state index in [4.69, 9.17) is 4.74 Å². The lowest BCUT2D eigenvalue weighted by molar-refractivity contribution is -0.134. The largest absolute Gasteiger partial charge is 0.453 e. The summed E-state index contributed by atoms with van der Waals surface area (Å²) < 4.78 is 66.8. The zero-order chi connectivity index (χ0) is 47.0. The van der Waals surface area contributed by atoms with Crippen LogP contribution in [-0.2, 0) is 24.6 Å². The van der Waals surface area contributed by atoms with E-state index < -0.39 is 39.3 Å². The molecule has 2 aromatic heterocycles. The van der Waals surface area contributed by atoms with Crippen molar-refractivity contribution in [3.8, 4) is 23.3 Å².